The van der Waals surface area contributed by atoms with Crippen LogP contribution in [0.2, 0.25) is 0 Å². The summed E-state index contributed by atoms with van der Waals surface area (Å²) in [5.74, 6) is 0. The van der Waals surface area contributed by atoms with Gasteiger partial charge in [-0.1, -0.05) is 103 Å². The highest BCUT2D eigenvalue weighted by Crippen LogP contribution is 2.40. The van der Waals surface area contributed by atoms with Crippen LogP contribution in [0.25, 0.3) is 103 Å². The number of hydrogen-bond donors (Lipinski definition) is 0. The van der Waals surface area contributed by atoms with Gasteiger partial charge in [0.1, 0.15) is 0 Å². The molecule has 0 spiro atoms. The van der Waals surface area contributed by atoms with Gasteiger partial charge >= 0.3 is 0 Å². The van der Waals surface area contributed by atoms with E-state index in [2.05, 4.69) is 163 Å². The van der Waals surface area contributed by atoms with Crippen LogP contribution < -0.4 is 0 Å². The van der Waals surface area contributed by atoms with Gasteiger partial charge in [-0.25, -0.2) is 9.69 Å². The number of fused-ring (bicyclic) bond motifs is 9. The van der Waals surface area contributed by atoms with Crippen LogP contribution >= 0.6 is 0 Å². The van der Waals surface area contributed by atoms with Crippen molar-refractivity contribution >= 4 is 76.8 Å². The van der Waals surface area contributed by atoms with Gasteiger partial charge in [0.2, 0.25) is 0 Å². The molecule has 5 heteroatoms. The summed E-state index contributed by atoms with van der Waals surface area (Å²) in [5, 5.41) is 7.04. The summed E-state index contributed by atoms with van der Waals surface area (Å²) in [6.45, 7) is 16.0. The van der Waals surface area contributed by atoms with Gasteiger partial charge in [-0.3, -0.25) is 0 Å². The Morgan fingerprint density at radius 1 is 0.327 bits per heavy atom. The van der Waals surface area contributed by atoms with Crippen molar-refractivity contribution in [3.8, 4) is 28.2 Å². The molecule has 0 aliphatic carbocycles. The second-order valence-corrected chi connectivity index (χ2v) is 14.0. The molecule has 11 aromatic rings. The highest BCUT2D eigenvalue weighted by molar-refractivity contribution is 6.13. The molecule has 0 N–H and O–H groups in total. The predicted molar refractivity (Wildman–Crippen MR) is 227 cm³/mol. The maximum Gasteiger partial charge on any atom is 0.196 e. The van der Waals surface area contributed by atoms with Crippen LogP contribution in [0.15, 0.2) is 176 Å². The summed E-state index contributed by atoms with van der Waals surface area (Å²) in [7, 11) is 0. The van der Waals surface area contributed by atoms with Gasteiger partial charge in [0.15, 0.2) is 11.4 Å². The quantitative estimate of drug-likeness (QED) is 0.163. The minimum absolute atomic E-state index is 0.583. The fraction of sp³-hybridized carbons (Fsp3) is 0. The molecular weight excluding hydrogens is 671 g/mol. The maximum absolute atomic E-state index is 8.36. The van der Waals surface area contributed by atoms with Crippen LogP contribution in [0.5, 0.6) is 0 Å². The van der Waals surface area contributed by atoms with Gasteiger partial charge in [-0.15, -0.1) is 0 Å². The molecule has 0 atom stereocenters. The Morgan fingerprint density at radius 3 is 1.42 bits per heavy atom. The van der Waals surface area contributed by atoms with Crippen molar-refractivity contribution in [3.63, 3.8) is 0 Å². The highest BCUT2D eigenvalue weighted by Gasteiger charge is 2.18. The van der Waals surface area contributed by atoms with Crippen molar-refractivity contribution in [3.05, 3.63) is 199 Å². The Morgan fingerprint density at radius 2 is 0.818 bits per heavy atom. The zero-order valence-corrected chi connectivity index (χ0v) is 29.5. The van der Waals surface area contributed by atoms with E-state index in [4.69, 9.17) is 13.1 Å². The molecule has 0 saturated heterocycles. The van der Waals surface area contributed by atoms with Crippen molar-refractivity contribution in [1.29, 1.82) is 0 Å². The molecule has 0 unspecified atom stereocenters. The smallest absolute Gasteiger partial charge is 0.196 e. The summed E-state index contributed by atoms with van der Waals surface area (Å²) in [5.41, 5.74) is 12.6. The Balaban J connectivity index is 1.06. The third kappa shape index (κ3) is 4.51. The summed E-state index contributed by atoms with van der Waals surface area (Å²) >= 11 is 0. The SMILES string of the molecule is [C-]#[N+]c1ccc2c3ccccc3n(-c3cccc(-c4ccc(-n5c6ccccc6c6cc(-n7c8ccccc8c8ccccc87)ccc65)cc4[N+]#[C-])c3)c2c1. The fourth-order valence-corrected chi connectivity index (χ4v) is 8.69. The zero-order valence-electron chi connectivity index (χ0n) is 29.5. The number of nitrogens with zero attached hydrogens (tertiary/aromatic N) is 5. The van der Waals surface area contributed by atoms with E-state index in [1.807, 2.05) is 36.4 Å². The molecule has 0 aliphatic rings. The molecule has 11 rings (SSSR count). The van der Waals surface area contributed by atoms with E-state index in [1.54, 1.807) is 0 Å². The standard InChI is InChI=1S/C50H29N5/c1-51-33-22-25-42-40-16-5-9-20-47(40)55(50(42)29-33)34-13-11-12-32(28-34)37-26-23-36(31-44(37)52-2)54-48-21-10-6-17-41(48)43-30-35(24-27-49(43)54)53-45-18-7-3-14-38(45)39-15-4-8-19-46(39)53/h3-31H. The molecule has 0 aliphatic heterocycles. The zero-order chi connectivity index (χ0) is 36.6. The van der Waals surface area contributed by atoms with E-state index < -0.39 is 0 Å². The first-order chi connectivity index (χ1) is 27.2. The van der Waals surface area contributed by atoms with Crippen LogP contribution in [0.1, 0.15) is 0 Å². The second-order valence-electron chi connectivity index (χ2n) is 14.0. The lowest BCUT2D eigenvalue weighted by Gasteiger charge is -2.14. The van der Waals surface area contributed by atoms with Crippen molar-refractivity contribution in [1.82, 2.24) is 13.7 Å². The lowest BCUT2D eigenvalue weighted by Crippen LogP contribution is -1.96. The molecule has 0 fully saturated rings. The summed E-state index contributed by atoms with van der Waals surface area (Å²) in [6, 6.07) is 61.3. The van der Waals surface area contributed by atoms with E-state index in [1.165, 1.54) is 21.8 Å². The van der Waals surface area contributed by atoms with Crippen molar-refractivity contribution < 1.29 is 0 Å². The first-order valence-corrected chi connectivity index (χ1v) is 18.3. The number of benzene rings is 8. The molecule has 5 nitrogen and oxygen atoms in total. The van der Waals surface area contributed by atoms with E-state index in [0.29, 0.717) is 11.4 Å². The van der Waals surface area contributed by atoms with Crippen molar-refractivity contribution in [2.45, 2.75) is 0 Å². The van der Waals surface area contributed by atoms with Gasteiger partial charge in [0, 0.05) is 54.9 Å². The Kier molecular flexibility index (Phi) is 6.61. The normalized spacial score (nSPS) is 11.6. The van der Waals surface area contributed by atoms with Crippen LogP contribution in [-0.4, -0.2) is 13.7 Å². The summed E-state index contributed by atoms with van der Waals surface area (Å²) in [4.78, 5) is 7.81. The average molecular weight is 700 g/mol. The molecule has 254 valence electrons. The van der Waals surface area contributed by atoms with E-state index in [9.17, 15) is 0 Å². The summed E-state index contributed by atoms with van der Waals surface area (Å²) < 4.78 is 6.86. The molecule has 0 bridgehead atoms. The van der Waals surface area contributed by atoms with Crippen molar-refractivity contribution in [2.24, 2.45) is 0 Å². The van der Waals surface area contributed by atoms with E-state index in [-0.39, 0.29) is 0 Å². The lowest BCUT2D eigenvalue weighted by atomic mass is 10.0. The molecule has 8 aromatic carbocycles. The Bertz CT molecular complexity index is 3420. The Hall–Kier alpha value is -7.86. The van der Waals surface area contributed by atoms with Gasteiger partial charge in [0.05, 0.1) is 40.7 Å². The van der Waals surface area contributed by atoms with E-state index >= 15 is 0 Å². The first-order valence-electron chi connectivity index (χ1n) is 18.3. The summed E-state index contributed by atoms with van der Waals surface area (Å²) in [6.07, 6.45) is 0. The fourth-order valence-electron chi connectivity index (χ4n) is 8.69. The maximum atomic E-state index is 8.36. The van der Waals surface area contributed by atoms with Crippen LogP contribution in [-0.2, 0) is 0 Å². The first kappa shape index (κ1) is 30.7. The predicted octanol–water partition coefficient (Wildman–Crippen LogP) is 13.7. The molecule has 3 aromatic heterocycles. The molecule has 0 saturated carbocycles. The third-order valence-corrected chi connectivity index (χ3v) is 11.1. The Labute approximate surface area is 316 Å². The van der Waals surface area contributed by atoms with Crippen molar-refractivity contribution in [2.75, 3.05) is 0 Å². The van der Waals surface area contributed by atoms with Gasteiger partial charge in [-0.05, 0) is 83.9 Å². The third-order valence-electron chi connectivity index (χ3n) is 11.1. The molecule has 0 radical (unpaired) electrons. The average Bonchev–Trinajstić information content (AvgIpc) is 3.88. The van der Waals surface area contributed by atoms with Gasteiger partial charge in [-0.2, -0.15) is 0 Å². The lowest BCUT2D eigenvalue weighted by molar-refractivity contribution is 1.17. The number of para-hydroxylation sites is 4. The topological polar surface area (TPSA) is 23.5 Å². The van der Waals surface area contributed by atoms with Crippen LogP contribution in [0, 0.1) is 13.1 Å². The number of aromatic nitrogens is 3. The van der Waals surface area contributed by atoms with Crippen LogP contribution in [0.4, 0.5) is 11.4 Å². The molecule has 0 amide bonds. The number of hydrogen-bond acceptors (Lipinski definition) is 0. The number of rotatable bonds is 4. The minimum atomic E-state index is 0.583. The minimum Gasteiger partial charge on any atom is -0.311 e. The van der Waals surface area contributed by atoms with Gasteiger partial charge in [0.25, 0.3) is 0 Å². The van der Waals surface area contributed by atoms with Crippen LogP contribution in [0.3, 0.4) is 0 Å². The largest absolute Gasteiger partial charge is 0.311 e. The molecule has 55 heavy (non-hydrogen) atoms. The molecule has 3 heterocycles. The highest BCUT2D eigenvalue weighted by atomic mass is 15.0. The molecular formula is C50H29N5. The monoisotopic (exact) mass is 699 g/mol. The second kappa shape index (κ2) is 11.8. The van der Waals surface area contributed by atoms with Gasteiger partial charge < -0.3 is 13.7 Å². The van der Waals surface area contributed by atoms with E-state index in [0.717, 1.165) is 71.8 Å².